The Morgan fingerprint density at radius 1 is 1.25 bits per heavy atom. The minimum Gasteiger partial charge on any atom is -0.508 e. The van der Waals surface area contributed by atoms with E-state index in [1.807, 2.05) is 20.8 Å². The fourth-order valence-electron chi connectivity index (χ4n) is 1.97. The van der Waals surface area contributed by atoms with Gasteiger partial charge in [-0.15, -0.1) is 0 Å². The molecule has 0 saturated heterocycles. The van der Waals surface area contributed by atoms with Gasteiger partial charge in [0, 0.05) is 17.5 Å². The van der Waals surface area contributed by atoms with Crippen molar-refractivity contribution < 1.29 is 9.52 Å². The van der Waals surface area contributed by atoms with E-state index in [2.05, 4.69) is 0 Å². The largest absolute Gasteiger partial charge is 0.508 e. The number of benzene rings is 1. The molecule has 1 aromatic carbocycles. The van der Waals surface area contributed by atoms with Crippen molar-refractivity contribution in [2.45, 2.75) is 26.7 Å². The Kier molecular flexibility index (Phi) is 2.46. The average molecular weight is 218 g/mol. The van der Waals surface area contributed by atoms with Crippen LogP contribution in [-0.4, -0.2) is 5.11 Å². The van der Waals surface area contributed by atoms with Crippen LogP contribution in [0.15, 0.2) is 27.4 Å². The Bertz CT molecular complexity index is 594. The molecule has 3 heteroatoms. The summed E-state index contributed by atoms with van der Waals surface area (Å²) in [6, 6.07) is 4.68. The predicted molar refractivity (Wildman–Crippen MR) is 63.0 cm³/mol. The van der Waals surface area contributed by atoms with Gasteiger partial charge >= 0.3 is 5.63 Å². The fourth-order valence-corrected chi connectivity index (χ4v) is 1.97. The molecule has 1 aromatic heterocycles. The molecule has 0 aliphatic rings. The maximum atomic E-state index is 11.2. The molecule has 0 atom stereocenters. The Balaban J connectivity index is 2.95. The lowest BCUT2D eigenvalue weighted by atomic mass is 9.96. The van der Waals surface area contributed by atoms with Crippen LogP contribution in [0.4, 0.5) is 0 Å². The van der Waals surface area contributed by atoms with Gasteiger partial charge in [-0.1, -0.05) is 13.8 Å². The maximum Gasteiger partial charge on any atom is 0.336 e. The van der Waals surface area contributed by atoms with Gasteiger partial charge in [0.05, 0.1) is 0 Å². The van der Waals surface area contributed by atoms with Crippen LogP contribution in [-0.2, 0) is 0 Å². The van der Waals surface area contributed by atoms with Crippen LogP contribution in [0.25, 0.3) is 11.0 Å². The molecule has 0 aliphatic carbocycles. The lowest BCUT2D eigenvalue weighted by molar-refractivity contribution is 0.471. The molecular formula is C13H14O3. The van der Waals surface area contributed by atoms with Crippen LogP contribution in [0.1, 0.15) is 30.9 Å². The number of hydrogen-bond donors (Lipinski definition) is 1. The van der Waals surface area contributed by atoms with Gasteiger partial charge in [-0.2, -0.15) is 0 Å². The fraction of sp³-hybridized carbons (Fsp3) is 0.308. The van der Waals surface area contributed by atoms with Crippen LogP contribution in [0.3, 0.4) is 0 Å². The van der Waals surface area contributed by atoms with Crippen LogP contribution in [0.2, 0.25) is 0 Å². The summed E-state index contributed by atoms with van der Waals surface area (Å²) < 4.78 is 5.10. The summed E-state index contributed by atoms with van der Waals surface area (Å²) in [5.41, 5.74) is 1.95. The second-order valence-corrected chi connectivity index (χ2v) is 4.31. The summed E-state index contributed by atoms with van der Waals surface area (Å²) in [7, 11) is 0. The molecule has 2 rings (SSSR count). The monoisotopic (exact) mass is 218 g/mol. The molecule has 0 fully saturated rings. The summed E-state index contributed by atoms with van der Waals surface area (Å²) in [4.78, 5) is 11.2. The van der Waals surface area contributed by atoms with Gasteiger partial charge in [-0.05, 0) is 30.0 Å². The van der Waals surface area contributed by atoms with E-state index < -0.39 is 0 Å². The number of aromatic hydroxyl groups is 1. The summed E-state index contributed by atoms with van der Waals surface area (Å²) >= 11 is 0. The van der Waals surface area contributed by atoms with Crippen molar-refractivity contribution in [3.05, 3.63) is 39.7 Å². The molecular weight excluding hydrogens is 204 g/mol. The van der Waals surface area contributed by atoms with Crippen LogP contribution in [0, 0.1) is 6.92 Å². The highest BCUT2D eigenvalue weighted by Crippen LogP contribution is 2.30. The molecule has 0 unspecified atom stereocenters. The quantitative estimate of drug-likeness (QED) is 0.749. The van der Waals surface area contributed by atoms with E-state index in [0.29, 0.717) is 5.58 Å². The molecule has 0 radical (unpaired) electrons. The van der Waals surface area contributed by atoms with Gasteiger partial charge in [-0.25, -0.2) is 4.79 Å². The molecule has 0 amide bonds. The highest BCUT2D eigenvalue weighted by Gasteiger charge is 2.12. The lowest BCUT2D eigenvalue weighted by Crippen LogP contribution is -2.00. The topological polar surface area (TPSA) is 50.4 Å². The van der Waals surface area contributed by atoms with E-state index >= 15 is 0 Å². The van der Waals surface area contributed by atoms with Crippen molar-refractivity contribution in [3.8, 4) is 5.75 Å². The molecule has 16 heavy (non-hydrogen) atoms. The molecule has 2 aromatic rings. The van der Waals surface area contributed by atoms with Crippen molar-refractivity contribution in [1.82, 2.24) is 0 Å². The van der Waals surface area contributed by atoms with E-state index in [1.54, 1.807) is 6.07 Å². The van der Waals surface area contributed by atoms with Crippen molar-refractivity contribution in [1.29, 1.82) is 0 Å². The summed E-state index contributed by atoms with van der Waals surface area (Å²) in [6.07, 6.45) is 0. The standard InChI is InChI=1S/C13H14O3/c1-7(2)10-5-9(14)6-11-13(10)8(3)4-12(15)16-11/h4-7,14H,1-3H3. The molecule has 0 bridgehead atoms. The minimum absolute atomic E-state index is 0.130. The molecule has 1 heterocycles. The third kappa shape index (κ3) is 1.69. The number of aryl methyl sites for hydroxylation is 1. The normalized spacial score (nSPS) is 11.2. The Morgan fingerprint density at radius 2 is 1.94 bits per heavy atom. The number of hydrogen-bond acceptors (Lipinski definition) is 3. The molecule has 0 aliphatic heterocycles. The number of rotatable bonds is 1. The first kappa shape index (κ1) is 10.7. The summed E-state index contributed by atoms with van der Waals surface area (Å²) in [6.45, 7) is 5.96. The van der Waals surface area contributed by atoms with Crippen LogP contribution >= 0.6 is 0 Å². The third-order valence-electron chi connectivity index (χ3n) is 2.68. The lowest BCUT2D eigenvalue weighted by Gasteiger charge is -2.11. The molecule has 84 valence electrons. The van der Waals surface area contributed by atoms with Crippen molar-refractivity contribution in [2.75, 3.05) is 0 Å². The van der Waals surface area contributed by atoms with Gasteiger partial charge in [0.2, 0.25) is 0 Å². The zero-order valence-corrected chi connectivity index (χ0v) is 9.57. The highest BCUT2D eigenvalue weighted by molar-refractivity contribution is 5.85. The van der Waals surface area contributed by atoms with Gasteiger partial charge < -0.3 is 9.52 Å². The van der Waals surface area contributed by atoms with Crippen molar-refractivity contribution in [3.63, 3.8) is 0 Å². The van der Waals surface area contributed by atoms with E-state index in [9.17, 15) is 9.90 Å². The smallest absolute Gasteiger partial charge is 0.336 e. The SMILES string of the molecule is Cc1cc(=O)oc2cc(O)cc(C(C)C)c12. The van der Waals surface area contributed by atoms with E-state index in [0.717, 1.165) is 16.5 Å². The van der Waals surface area contributed by atoms with E-state index in [-0.39, 0.29) is 17.3 Å². The Labute approximate surface area is 93.3 Å². The van der Waals surface area contributed by atoms with Crippen molar-refractivity contribution >= 4 is 11.0 Å². The first-order valence-corrected chi connectivity index (χ1v) is 5.26. The zero-order chi connectivity index (χ0) is 11.9. The van der Waals surface area contributed by atoms with E-state index in [1.165, 1.54) is 12.1 Å². The summed E-state index contributed by atoms with van der Waals surface area (Å²) in [5.74, 6) is 0.394. The first-order valence-electron chi connectivity index (χ1n) is 5.26. The maximum absolute atomic E-state index is 11.2. The molecule has 1 N–H and O–H groups in total. The highest BCUT2D eigenvalue weighted by atomic mass is 16.4. The van der Waals surface area contributed by atoms with Gasteiger partial charge in [0.1, 0.15) is 11.3 Å². The minimum atomic E-state index is -0.384. The van der Waals surface area contributed by atoms with Crippen LogP contribution < -0.4 is 5.63 Å². The third-order valence-corrected chi connectivity index (χ3v) is 2.68. The average Bonchev–Trinajstić information content (AvgIpc) is 2.14. The number of fused-ring (bicyclic) bond motifs is 1. The van der Waals surface area contributed by atoms with Crippen LogP contribution in [0.5, 0.6) is 5.75 Å². The molecule has 0 spiro atoms. The van der Waals surface area contributed by atoms with Gasteiger partial charge in [-0.3, -0.25) is 0 Å². The number of phenolic OH excluding ortho intramolecular Hbond substituents is 1. The predicted octanol–water partition coefficient (Wildman–Crippen LogP) is 2.93. The van der Waals surface area contributed by atoms with Crippen molar-refractivity contribution in [2.24, 2.45) is 0 Å². The Morgan fingerprint density at radius 3 is 2.56 bits per heavy atom. The second-order valence-electron chi connectivity index (χ2n) is 4.31. The first-order chi connectivity index (χ1) is 7.49. The van der Waals surface area contributed by atoms with E-state index in [4.69, 9.17) is 4.42 Å². The Hall–Kier alpha value is -1.77. The van der Waals surface area contributed by atoms with Gasteiger partial charge in [0.25, 0.3) is 0 Å². The second kappa shape index (κ2) is 3.67. The molecule has 3 nitrogen and oxygen atoms in total. The molecule has 0 saturated carbocycles. The summed E-state index contributed by atoms with van der Waals surface area (Å²) in [5, 5.41) is 10.5. The van der Waals surface area contributed by atoms with Gasteiger partial charge in [0.15, 0.2) is 0 Å². The zero-order valence-electron chi connectivity index (χ0n) is 9.57. The number of phenols is 1.